The smallest absolute Gasteiger partial charge is 0.241 e. The summed E-state index contributed by atoms with van der Waals surface area (Å²) in [4.78, 5) is 14.5. The van der Waals surface area contributed by atoms with E-state index in [0.717, 1.165) is 18.4 Å². The van der Waals surface area contributed by atoms with Crippen LogP contribution in [0.2, 0.25) is 0 Å². The van der Waals surface area contributed by atoms with Gasteiger partial charge in [0.15, 0.2) is 0 Å². The Morgan fingerprint density at radius 2 is 2.00 bits per heavy atom. The van der Waals surface area contributed by atoms with Crippen molar-refractivity contribution in [3.05, 3.63) is 35.4 Å². The van der Waals surface area contributed by atoms with Crippen LogP contribution in [0.15, 0.2) is 24.3 Å². The number of aryl methyl sites for hydroxylation is 1. The number of carbonyl (C=O) groups excluding carboxylic acids is 1. The van der Waals surface area contributed by atoms with Gasteiger partial charge in [-0.05, 0) is 32.3 Å². The van der Waals surface area contributed by atoms with Gasteiger partial charge in [0.25, 0.3) is 0 Å². The third kappa shape index (κ3) is 2.90. The quantitative estimate of drug-likeness (QED) is 0.905. The van der Waals surface area contributed by atoms with E-state index < -0.39 is 10.8 Å². The van der Waals surface area contributed by atoms with Gasteiger partial charge >= 0.3 is 0 Å². The second-order valence-corrected chi connectivity index (χ2v) is 7.73. The molecule has 1 N–H and O–H groups in total. The summed E-state index contributed by atoms with van der Waals surface area (Å²) >= 11 is 0. The zero-order valence-electron chi connectivity index (χ0n) is 12.5. The molecule has 0 aliphatic carbocycles. The third-order valence-electron chi connectivity index (χ3n) is 4.42. The van der Waals surface area contributed by atoms with Crippen molar-refractivity contribution < 1.29 is 9.00 Å². The fraction of sp³-hybridized carbons (Fsp3) is 0.562. The molecule has 114 valence electrons. The van der Waals surface area contributed by atoms with Crippen molar-refractivity contribution in [2.75, 3.05) is 11.5 Å². The van der Waals surface area contributed by atoms with Crippen molar-refractivity contribution >= 4 is 16.7 Å². The maximum absolute atomic E-state index is 12.5. The van der Waals surface area contributed by atoms with Crippen molar-refractivity contribution in [2.24, 2.45) is 0 Å². The molecule has 0 saturated carbocycles. The molecule has 2 aliphatic rings. The SMILES string of the molecule is Cc1cccc(C2NC(C)C(=O)N2C2CCS(=O)CC2)c1. The zero-order valence-corrected chi connectivity index (χ0v) is 13.4. The number of hydrogen-bond donors (Lipinski definition) is 1. The summed E-state index contributed by atoms with van der Waals surface area (Å²) in [5.74, 6) is 1.59. The van der Waals surface area contributed by atoms with Crippen LogP contribution in [0.25, 0.3) is 0 Å². The van der Waals surface area contributed by atoms with Crippen LogP contribution in [0.3, 0.4) is 0 Å². The molecule has 1 aromatic carbocycles. The largest absolute Gasteiger partial charge is 0.319 e. The Labute approximate surface area is 128 Å². The highest BCUT2D eigenvalue weighted by Crippen LogP contribution is 2.31. The van der Waals surface area contributed by atoms with Gasteiger partial charge in [0.1, 0.15) is 6.17 Å². The molecule has 0 radical (unpaired) electrons. The fourth-order valence-electron chi connectivity index (χ4n) is 3.29. The molecule has 3 rings (SSSR count). The summed E-state index contributed by atoms with van der Waals surface area (Å²) in [6, 6.07) is 8.37. The molecule has 1 amide bonds. The topological polar surface area (TPSA) is 49.4 Å². The molecule has 0 spiro atoms. The Morgan fingerprint density at radius 3 is 2.67 bits per heavy atom. The van der Waals surface area contributed by atoms with Crippen molar-refractivity contribution in [1.82, 2.24) is 10.2 Å². The second-order valence-electron chi connectivity index (χ2n) is 6.03. The van der Waals surface area contributed by atoms with E-state index in [1.165, 1.54) is 5.56 Å². The molecule has 2 unspecified atom stereocenters. The van der Waals surface area contributed by atoms with Crippen molar-refractivity contribution in [3.8, 4) is 0 Å². The van der Waals surface area contributed by atoms with Gasteiger partial charge in [-0.3, -0.25) is 14.3 Å². The minimum atomic E-state index is -0.699. The minimum absolute atomic E-state index is 0.0519. The lowest BCUT2D eigenvalue weighted by atomic mass is 10.1. The molecule has 2 saturated heterocycles. The average Bonchev–Trinajstić information content (AvgIpc) is 2.76. The van der Waals surface area contributed by atoms with E-state index >= 15 is 0 Å². The maximum atomic E-state index is 12.5. The molecular formula is C16H22N2O2S. The van der Waals surface area contributed by atoms with E-state index in [2.05, 4.69) is 30.4 Å². The summed E-state index contributed by atoms with van der Waals surface area (Å²) in [6.07, 6.45) is 1.63. The second kappa shape index (κ2) is 5.89. The highest BCUT2D eigenvalue weighted by molar-refractivity contribution is 7.85. The highest BCUT2D eigenvalue weighted by Gasteiger charge is 2.41. The first-order chi connectivity index (χ1) is 10.1. The number of amides is 1. The lowest BCUT2D eigenvalue weighted by Gasteiger charge is -2.35. The van der Waals surface area contributed by atoms with Gasteiger partial charge in [0, 0.05) is 28.3 Å². The Kier molecular flexibility index (Phi) is 4.13. The van der Waals surface area contributed by atoms with Crippen LogP contribution in [0.5, 0.6) is 0 Å². The number of hydrogen-bond acceptors (Lipinski definition) is 3. The normalized spacial score (nSPS) is 33.4. The molecule has 2 aliphatic heterocycles. The molecule has 2 fully saturated rings. The van der Waals surface area contributed by atoms with Gasteiger partial charge in [-0.2, -0.15) is 0 Å². The van der Waals surface area contributed by atoms with Gasteiger partial charge in [0.2, 0.25) is 5.91 Å². The van der Waals surface area contributed by atoms with Gasteiger partial charge in [0.05, 0.1) is 6.04 Å². The minimum Gasteiger partial charge on any atom is -0.319 e. The summed E-state index contributed by atoms with van der Waals surface area (Å²) in [5.41, 5.74) is 2.34. The van der Waals surface area contributed by atoms with Crippen LogP contribution >= 0.6 is 0 Å². The Morgan fingerprint density at radius 1 is 1.29 bits per heavy atom. The van der Waals surface area contributed by atoms with Gasteiger partial charge in [-0.1, -0.05) is 29.8 Å². The van der Waals surface area contributed by atoms with Crippen LogP contribution in [-0.2, 0) is 15.6 Å². The lowest BCUT2D eigenvalue weighted by Crippen LogP contribution is -2.43. The Balaban J connectivity index is 1.87. The highest BCUT2D eigenvalue weighted by atomic mass is 32.2. The predicted octanol–water partition coefficient (Wildman–Crippen LogP) is 1.73. The van der Waals surface area contributed by atoms with E-state index in [1.54, 1.807) is 0 Å². The van der Waals surface area contributed by atoms with Crippen LogP contribution in [-0.4, -0.2) is 38.6 Å². The van der Waals surface area contributed by atoms with Gasteiger partial charge in [-0.25, -0.2) is 0 Å². The molecule has 21 heavy (non-hydrogen) atoms. The fourth-order valence-corrected chi connectivity index (χ4v) is 4.56. The lowest BCUT2D eigenvalue weighted by molar-refractivity contribution is -0.132. The summed E-state index contributed by atoms with van der Waals surface area (Å²) in [5, 5.41) is 3.41. The zero-order chi connectivity index (χ0) is 15.0. The van der Waals surface area contributed by atoms with E-state index in [1.807, 2.05) is 17.9 Å². The number of rotatable bonds is 2. The Bertz CT molecular complexity index is 565. The van der Waals surface area contributed by atoms with Crippen molar-refractivity contribution in [1.29, 1.82) is 0 Å². The third-order valence-corrected chi connectivity index (χ3v) is 5.80. The van der Waals surface area contributed by atoms with E-state index in [-0.39, 0.29) is 24.2 Å². The number of nitrogens with zero attached hydrogens (tertiary/aromatic N) is 1. The molecule has 2 heterocycles. The maximum Gasteiger partial charge on any atom is 0.241 e. The molecular weight excluding hydrogens is 284 g/mol. The van der Waals surface area contributed by atoms with Crippen molar-refractivity contribution in [3.63, 3.8) is 0 Å². The summed E-state index contributed by atoms with van der Waals surface area (Å²) < 4.78 is 11.6. The molecule has 5 heteroatoms. The average molecular weight is 306 g/mol. The number of carbonyl (C=O) groups is 1. The molecule has 4 nitrogen and oxygen atoms in total. The number of nitrogens with one attached hydrogen (secondary N) is 1. The Hall–Kier alpha value is -1.20. The van der Waals surface area contributed by atoms with Crippen molar-refractivity contribution in [2.45, 2.75) is 44.9 Å². The van der Waals surface area contributed by atoms with Gasteiger partial charge < -0.3 is 4.90 Å². The predicted molar refractivity (Wildman–Crippen MR) is 84.3 cm³/mol. The first-order valence-electron chi connectivity index (χ1n) is 7.56. The molecule has 0 aromatic heterocycles. The first kappa shape index (κ1) is 14.7. The van der Waals surface area contributed by atoms with Crippen LogP contribution < -0.4 is 5.32 Å². The number of benzene rings is 1. The molecule has 1 aromatic rings. The van der Waals surface area contributed by atoms with Crippen LogP contribution in [0, 0.1) is 6.92 Å². The molecule has 2 atom stereocenters. The summed E-state index contributed by atoms with van der Waals surface area (Å²) in [6.45, 7) is 3.99. The van der Waals surface area contributed by atoms with Crippen LogP contribution in [0.1, 0.15) is 37.1 Å². The first-order valence-corrected chi connectivity index (χ1v) is 9.05. The van der Waals surface area contributed by atoms with E-state index in [0.29, 0.717) is 11.5 Å². The standard InChI is InChI=1S/C16H22N2O2S/c1-11-4-3-5-13(10-11)15-17-12(2)16(19)18(15)14-6-8-21(20)9-7-14/h3-5,10,12,14-15,17H,6-9H2,1-2H3. The summed E-state index contributed by atoms with van der Waals surface area (Å²) in [7, 11) is -0.699. The van der Waals surface area contributed by atoms with E-state index in [4.69, 9.17) is 0 Å². The van der Waals surface area contributed by atoms with E-state index in [9.17, 15) is 9.00 Å². The molecule has 0 bridgehead atoms. The van der Waals surface area contributed by atoms with Gasteiger partial charge in [-0.15, -0.1) is 0 Å². The van der Waals surface area contributed by atoms with Crippen LogP contribution in [0.4, 0.5) is 0 Å². The monoisotopic (exact) mass is 306 g/mol.